The fourth-order valence-corrected chi connectivity index (χ4v) is 2.50. The number of aromatic nitrogens is 1. The van der Waals surface area contributed by atoms with E-state index in [0.29, 0.717) is 11.4 Å². The molecule has 0 aliphatic carbocycles. The summed E-state index contributed by atoms with van der Waals surface area (Å²) in [7, 11) is -3.16. The quantitative estimate of drug-likeness (QED) is 0.829. The highest BCUT2D eigenvalue weighted by atomic mass is 32.2. The van der Waals surface area contributed by atoms with E-state index in [4.69, 9.17) is 5.73 Å². The summed E-state index contributed by atoms with van der Waals surface area (Å²) >= 11 is 0. The van der Waals surface area contributed by atoms with E-state index >= 15 is 0 Å². The molecule has 0 fully saturated rings. The van der Waals surface area contributed by atoms with Crippen LogP contribution >= 0.6 is 0 Å². The van der Waals surface area contributed by atoms with Gasteiger partial charge in [0.15, 0.2) is 9.84 Å². The predicted octanol–water partition coefficient (Wildman–Crippen LogP) is 1.34. The van der Waals surface area contributed by atoms with Gasteiger partial charge in [-0.05, 0) is 30.7 Å². The summed E-state index contributed by atoms with van der Waals surface area (Å²) in [6.07, 6.45) is 1.20. The molecule has 0 aliphatic heterocycles. The first-order valence-corrected chi connectivity index (χ1v) is 6.84. The number of benzene rings is 1. The second kappa shape index (κ2) is 3.61. The number of H-pyrrole nitrogens is 1. The number of aryl methyl sites for hydroxylation is 1. The molecule has 0 aliphatic rings. The zero-order chi connectivity index (χ0) is 11.9. The van der Waals surface area contributed by atoms with Crippen LogP contribution in [0.1, 0.15) is 11.3 Å². The maximum absolute atomic E-state index is 11.4. The lowest BCUT2D eigenvalue weighted by Crippen LogP contribution is -1.99. The van der Waals surface area contributed by atoms with Gasteiger partial charge in [0, 0.05) is 29.4 Å². The van der Waals surface area contributed by atoms with E-state index in [0.717, 1.165) is 22.2 Å². The van der Waals surface area contributed by atoms with Crippen LogP contribution in [-0.4, -0.2) is 19.7 Å². The van der Waals surface area contributed by atoms with Crippen molar-refractivity contribution < 1.29 is 8.42 Å². The molecule has 0 saturated heterocycles. The zero-order valence-corrected chi connectivity index (χ0v) is 10.1. The van der Waals surface area contributed by atoms with Crippen LogP contribution in [-0.2, 0) is 16.4 Å². The zero-order valence-electron chi connectivity index (χ0n) is 9.24. The number of hydrogen-bond acceptors (Lipinski definition) is 3. The minimum Gasteiger partial charge on any atom is -0.358 e. The van der Waals surface area contributed by atoms with Crippen LogP contribution in [0.3, 0.4) is 0 Å². The molecule has 4 nitrogen and oxygen atoms in total. The Hall–Kier alpha value is -1.33. The monoisotopic (exact) mass is 238 g/mol. The molecule has 2 rings (SSSR count). The lowest BCUT2D eigenvalue weighted by Gasteiger charge is -2.00. The molecular formula is C11H14N2O2S. The Kier molecular flexibility index (Phi) is 2.52. The van der Waals surface area contributed by atoms with Gasteiger partial charge in [0.25, 0.3) is 0 Å². The summed E-state index contributed by atoms with van der Waals surface area (Å²) in [6.45, 7) is 2.33. The number of aromatic amines is 1. The molecule has 0 unspecified atom stereocenters. The van der Waals surface area contributed by atoms with Crippen LogP contribution in [0.5, 0.6) is 0 Å². The SMILES string of the molecule is Cc1[nH]c2ccc(S(C)(=O)=O)cc2c1CN. The Labute approximate surface area is 94.4 Å². The van der Waals surface area contributed by atoms with Gasteiger partial charge in [-0.25, -0.2) is 8.42 Å². The molecule has 1 aromatic carbocycles. The van der Waals surface area contributed by atoms with E-state index in [1.807, 2.05) is 6.92 Å². The summed E-state index contributed by atoms with van der Waals surface area (Å²) in [6, 6.07) is 5.06. The highest BCUT2D eigenvalue weighted by molar-refractivity contribution is 7.90. The number of nitrogens with one attached hydrogen (secondary N) is 1. The van der Waals surface area contributed by atoms with Gasteiger partial charge in [-0.15, -0.1) is 0 Å². The van der Waals surface area contributed by atoms with Gasteiger partial charge in [0.05, 0.1) is 4.90 Å². The lowest BCUT2D eigenvalue weighted by atomic mass is 10.1. The van der Waals surface area contributed by atoms with Crippen LogP contribution < -0.4 is 5.73 Å². The molecule has 0 spiro atoms. The van der Waals surface area contributed by atoms with E-state index in [1.54, 1.807) is 18.2 Å². The van der Waals surface area contributed by atoms with Crippen LogP contribution in [0.4, 0.5) is 0 Å². The van der Waals surface area contributed by atoms with Gasteiger partial charge >= 0.3 is 0 Å². The maximum Gasteiger partial charge on any atom is 0.175 e. The summed E-state index contributed by atoms with van der Waals surface area (Å²) in [4.78, 5) is 3.51. The molecule has 86 valence electrons. The Morgan fingerprint density at radius 3 is 2.62 bits per heavy atom. The lowest BCUT2D eigenvalue weighted by molar-refractivity contribution is 0.602. The van der Waals surface area contributed by atoms with Crippen molar-refractivity contribution in [2.45, 2.75) is 18.4 Å². The van der Waals surface area contributed by atoms with E-state index in [1.165, 1.54) is 6.26 Å². The molecule has 0 radical (unpaired) electrons. The van der Waals surface area contributed by atoms with Gasteiger partial charge in [0.1, 0.15) is 0 Å². The molecule has 5 heteroatoms. The van der Waals surface area contributed by atoms with Crippen LogP contribution in [0.25, 0.3) is 10.9 Å². The van der Waals surface area contributed by atoms with Crippen LogP contribution in [0.2, 0.25) is 0 Å². The van der Waals surface area contributed by atoms with E-state index in [2.05, 4.69) is 4.98 Å². The largest absolute Gasteiger partial charge is 0.358 e. The normalized spacial score (nSPS) is 12.2. The minimum absolute atomic E-state index is 0.328. The Morgan fingerprint density at radius 2 is 2.06 bits per heavy atom. The highest BCUT2D eigenvalue weighted by Crippen LogP contribution is 2.24. The molecule has 0 saturated carbocycles. The average molecular weight is 238 g/mol. The molecule has 0 bridgehead atoms. The van der Waals surface area contributed by atoms with Crippen molar-refractivity contribution in [1.29, 1.82) is 0 Å². The van der Waals surface area contributed by atoms with Gasteiger partial charge in [-0.2, -0.15) is 0 Å². The second-order valence-electron chi connectivity index (χ2n) is 3.91. The number of nitrogens with two attached hydrogens (primary N) is 1. The molecule has 16 heavy (non-hydrogen) atoms. The number of fused-ring (bicyclic) bond motifs is 1. The van der Waals surface area contributed by atoms with Crippen molar-refractivity contribution >= 4 is 20.7 Å². The van der Waals surface area contributed by atoms with Gasteiger partial charge < -0.3 is 10.7 Å². The molecule has 1 aromatic heterocycles. The van der Waals surface area contributed by atoms with E-state index in [-0.39, 0.29) is 0 Å². The van der Waals surface area contributed by atoms with Crippen LogP contribution in [0.15, 0.2) is 23.1 Å². The Morgan fingerprint density at radius 1 is 1.38 bits per heavy atom. The predicted molar refractivity (Wildman–Crippen MR) is 64.0 cm³/mol. The molecule has 0 atom stereocenters. The van der Waals surface area contributed by atoms with Crippen molar-refractivity contribution in [3.8, 4) is 0 Å². The third-order valence-corrected chi connectivity index (χ3v) is 3.83. The van der Waals surface area contributed by atoms with E-state index < -0.39 is 9.84 Å². The average Bonchev–Trinajstić information content (AvgIpc) is 2.50. The Bertz CT molecular complexity index is 641. The fourth-order valence-electron chi connectivity index (χ4n) is 1.86. The third-order valence-electron chi connectivity index (χ3n) is 2.72. The summed E-state index contributed by atoms with van der Waals surface area (Å²) in [5.74, 6) is 0. The van der Waals surface area contributed by atoms with Crippen molar-refractivity contribution in [2.75, 3.05) is 6.26 Å². The molecule has 2 aromatic rings. The topological polar surface area (TPSA) is 76.0 Å². The number of sulfone groups is 1. The van der Waals surface area contributed by atoms with Crippen molar-refractivity contribution in [1.82, 2.24) is 4.98 Å². The number of rotatable bonds is 2. The number of hydrogen-bond donors (Lipinski definition) is 2. The first-order chi connectivity index (χ1) is 7.43. The van der Waals surface area contributed by atoms with E-state index in [9.17, 15) is 8.42 Å². The molecule has 0 amide bonds. The van der Waals surface area contributed by atoms with Gasteiger partial charge in [-0.3, -0.25) is 0 Å². The van der Waals surface area contributed by atoms with Crippen molar-refractivity contribution in [2.24, 2.45) is 5.73 Å². The smallest absolute Gasteiger partial charge is 0.175 e. The molecule has 1 heterocycles. The molecular weight excluding hydrogens is 224 g/mol. The minimum atomic E-state index is -3.16. The highest BCUT2D eigenvalue weighted by Gasteiger charge is 2.11. The van der Waals surface area contributed by atoms with Crippen molar-refractivity contribution in [3.05, 3.63) is 29.5 Å². The maximum atomic E-state index is 11.4. The first-order valence-electron chi connectivity index (χ1n) is 4.95. The third kappa shape index (κ3) is 1.72. The molecule has 3 N–H and O–H groups in total. The first kappa shape index (κ1) is 11.2. The Balaban J connectivity index is 2.79. The van der Waals surface area contributed by atoms with Gasteiger partial charge in [-0.1, -0.05) is 0 Å². The van der Waals surface area contributed by atoms with Gasteiger partial charge in [0.2, 0.25) is 0 Å². The second-order valence-corrected chi connectivity index (χ2v) is 5.93. The summed E-state index contributed by atoms with van der Waals surface area (Å²) in [5.41, 5.74) is 8.53. The van der Waals surface area contributed by atoms with Crippen molar-refractivity contribution in [3.63, 3.8) is 0 Å². The van der Waals surface area contributed by atoms with Crippen LogP contribution in [0, 0.1) is 6.92 Å². The standard InChI is InChI=1S/C11H14N2O2S/c1-7-10(6-12)9-5-8(16(2,14)15)3-4-11(9)13-7/h3-5,13H,6,12H2,1-2H3. The fraction of sp³-hybridized carbons (Fsp3) is 0.273. The summed E-state index contributed by atoms with van der Waals surface area (Å²) in [5, 5.41) is 0.892. The summed E-state index contributed by atoms with van der Waals surface area (Å²) < 4.78 is 22.9.